The van der Waals surface area contributed by atoms with Crippen LogP contribution in [0.2, 0.25) is 0 Å². The number of hydrogen-bond donors (Lipinski definition) is 1. The van der Waals surface area contributed by atoms with Crippen LogP contribution in [0.15, 0.2) is 5.51 Å². The van der Waals surface area contributed by atoms with Crippen LogP contribution in [-0.4, -0.2) is 40.2 Å². The molecular formula is C13H22N2OS. The molecule has 0 amide bonds. The summed E-state index contributed by atoms with van der Waals surface area (Å²) in [4.78, 5) is 8.23. The monoisotopic (exact) mass is 254 g/mol. The molecule has 1 aromatic rings. The van der Waals surface area contributed by atoms with Gasteiger partial charge in [0.2, 0.25) is 0 Å². The molecule has 1 aliphatic heterocycles. The Balaban J connectivity index is 1.84. The topological polar surface area (TPSA) is 36.4 Å². The van der Waals surface area contributed by atoms with Gasteiger partial charge in [-0.3, -0.25) is 4.90 Å². The van der Waals surface area contributed by atoms with Crippen LogP contribution in [0.25, 0.3) is 0 Å². The van der Waals surface area contributed by atoms with E-state index in [1.807, 2.05) is 12.4 Å². The summed E-state index contributed by atoms with van der Waals surface area (Å²) in [5.41, 5.74) is 3.11. The zero-order valence-electron chi connectivity index (χ0n) is 10.7. The zero-order chi connectivity index (χ0) is 12.3. The Morgan fingerprint density at radius 2 is 2.47 bits per heavy atom. The SMILES string of the molecule is Cc1ncsc1CCN1CCCC1CC(C)O. The molecule has 2 heterocycles. The van der Waals surface area contributed by atoms with E-state index in [1.54, 1.807) is 11.3 Å². The van der Waals surface area contributed by atoms with Crippen LogP contribution in [0.3, 0.4) is 0 Å². The number of nitrogens with zero attached hydrogens (tertiary/aromatic N) is 2. The first-order valence-electron chi connectivity index (χ1n) is 6.48. The highest BCUT2D eigenvalue weighted by atomic mass is 32.1. The van der Waals surface area contributed by atoms with Gasteiger partial charge in [-0.25, -0.2) is 4.98 Å². The molecular weight excluding hydrogens is 232 g/mol. The minimum Gasteiger partial charge on any atom is -0.393 e. The molecule has 0 radical (unpaired) electrons. The fraction of sp³-hybridized carbons (Fsp3) is 0.769. The van der Waals surface area contributed by atoms with E-state index >= 15 is 0 Å². The second kappa shape index (κ2) is 5.94. The predicted molar refractivity (Wildman–Crippen MR) is 71.4 cm³/mol. The van der Waals surface area contributed by atoms with E-state index < -0.39 is 0 Å². The van der Waals surface area contributed by atoms with Gasteiger partial charge in [0, 0.05) is 17.5 Å². The summed E-state index contributed by atoms with van der Waals surface area (Å²) in [6, 6.07) is 0.586. The van der Waals surface area contributed by atoms with Crippen molar-refractivity contribution in [3.05, 3.63) is 16.1 Å². The smallest absolute Gasteiger partial charge is 0.0797 e. The van der Waals surface area contributed by atoms with Gasteiger partial charge in [0.15, 0.2) is 0 Å². The summed E-state index contributed by atoms with van der Waals surface area (Å²) in [6.07, 6.45) is 4.37. The largest absolute Gasteiger partial charge is 0.393 e. The van der Waals surface area contributed by atoms with Crippen LogP contribution in [0.1, 0.15) is 36.8 Å². The van der Waals surface area contributed by atoms with E-state index in [1.165, 1.54) is 30.0 Å². The standard InChI is InChI=1S/C13H22N2OS/c1-10(16)8-12-4-3-6-15(12)7-5-13-11(2)14-9-17-13/h9-10,12,16H,3-8H2,1-2H3. The van der Waals surface area contributed by atoms with Crippen molar-refractivity contribution in [1.29, 1.82) is 0 Å². The molecule has 0 aromatic carbocycles. The number of aliphatic hydroxyl groups is 1. The highest BCUT2D eigenvalue weighted by molar-refractivity contribution is 7.09. The molecule has 3 nitrogen and oxygen atoms in total. The van der Waals surface area contributed by atoms with E-state index in [9.17, 15) is 5.11 Å². The highest BCUT2D eigenvalue weighted by Crippen LogP contribution is 2.22. The number of thiazole rings is 1. The molecule has 2 atom stereocenters. The van der Waals surface area contributed by atoms with Gasteiger partial charge in [0.1, 0.15) is 0 Å². The Kier molecular flexibility index (Phi) is 4.54. The van der Waals surface area contributed by atoms with Crippen LogP contribution >= 0.6 is 11.3 Å². The van der Waals surface area contributed by atoms with Gasteiger partial charge in [-0.15, -0.1) is 11.3 Å². The molecule has 0 spiro atoms. The quantitative estimate of drug-likeness (QED) is 0.875. The van der Waals surface area contributed by atoms with Gasteiger partial charge in [-0.1, -0.05) is 0 Å². The predicted octanol–water partition coefficient (Wildman–Crippen LogP) is 2.23. The Morgan fingerprint density at radius 1 is 1.65 bits per heavy atom. The van der Waals surface area contributed by atoms with E-state index in [4.69, 9.17) is 0 Å². The molecule has 1 aromatic heterocycles. The molecule has 2 rings (SSSR count). The van der Waals surface area contributed by atoms with Gasteiger partial charge in [-0.2, -0.15) is 0 Å². The Hall–Kier alpha value is -0.450. The summed E-state index contributed by atoms with van der Waals surface area (Å²) < 4.78 is 0. The highest BCUT2D eigenvalue weighted by Gasteiger charge is 2.25. The van der Waals surface area contributed by atoms with Crippen LogP contribution < -0.4 is 0 Å². The van der Waals surface area contributed by atoms with Crippen molar-refractivity contribution >= 4 is 11.3 Å². The number of hydrogen-bond acceptors (Lipinski definition) is 4. The maximum atomic E-state index is 9.49. The van der Waals surface area contributed by atoms with Gasteiger partial charge in [-0.05, 0) is 46.1 Å². The molecule has 1 saturated heterocycles. The van der Waals surface area contributed by atoms with Crippen LogP contribution in [0, 0.1) is 6.92 Å². The summed E-state index contributed by atoms with van der Waals surface area (Å²) in [5, 5.41) is 9.49. The lowest BCUT2D eigenvalue weighted by molar-refractivity contribution is 0.134. The summed E-state index contributed by atoms with van der Waals surface area (Å²) >= 11 is 1.76. The molecule has 0 saturated carbocycles. The van der Waals surface area contributed by atoms with Crippen molar-refractivity contribution < 1.29 is 5.11 Å². The molecule has 2 unspecified atom stereocenters. The van der Waals surface area contributed by atoms with Crippen molar-refractivity contribution in [3.63, 3.8) is 0 Å². The normalized spacial score (nSPS) is 23.1. The first-order chi connectivity index (χ1) is 8.16. The third-order valence-corrected chi connectivity index (χ3v) is 4.58. The number of aryl methyl sites for hydroxylation is 1. The summed E-state index contributed by atoms with van der Waals surface area (Å²) in [5.74, 6) is 0. The summed E-state index contributed by atoms with van der Waals surface area (Å²) in [7, 11) is 0. The number of likely N-dealkylation sites (tertiary alicyclic amines) is 1. The molecule has 0 aliphatic carbocycles. The average molecular weight is 254 g/mol. The van der Waals surface area contributed by atoms with E-state index in [-0.39, 0.29) is 6.10 Å². The Labute approximate surface area is 107 Å². The average Bonchev–Trinajstić information content (AvgIpc) is 2.84. The van der Waals surface area contributed by atoms with Crippen molar-refractivity contribution in [3.8, 4) is 0 Å². The summed E-state index contributed by atoms with van der Waals surface area (Å²) in [6.45, 7) is 6.28. The van der Waals surface area contributed by atoms with E-state index in [2.05, 4.69) is 16.8 Å². The molecule has 1 fully saturated rings. The minimum absolute atomic E-state index is 0.175. The van der Waals surface area contributed by atoms with Crippen LogP contribution in [-0.2, 0) is 6.42 Å². The molecule has 17 heavy (non-hydrogen) atoms. The van der Waals surface area contributed by atoms with Crippen molar-refractivity contribution in [2.75, 3.05) is 13.1 Å². The molecule has 96 valence electrons. The van der Waals surface area contributed by atoms with Crippen molar-refractivity contribution in [2.45, 2.75) is 51.7 Å². The van der Waals surface area contributed by atoms with E-state index in [0.717, 1.165) is 19.4 Å². The molecule has 1 N–H and O–H groups in total. The fourth-order valence-electron chi connectivity index (χ4n) is 2.66. The van der Waals surface area contributed by atoms with Gasteiger partial charge in [0.05, 0.1) is 17.3 Å². The first kappa shape index (κ1) is 13.0. The molecule has 1 aliphatic rings. The molecule has 4 heteroatoms. The third kappa shape index (κ3) is 3.50. The Bertz CT molecular complexity index is 351. The number of aliphatic hydroxyl groups excluding tert-OH is 1. The third-order valence-electron chi connectivity index (χ3n) is 3.58. The second-order valence-electron chi connectivity index (χ2n) is 5.03. The maximum Gasteiger partial charge on any atom is 0.0797 e. The maximum absolute atomic E-state index is 9.49. The van der Waals surface area contributed by atoms with E-state index in [0.29, 0.717) is 6.04 Å². The van der Waals surface area contributed by atoms with Crippen molar-refractivity contribution in [1.82, 2.24) is 9.88 Å². The lowest BCUT2D eigenvalue weighted by atomic mass is 10.1. The number of aromatic nitrogens is 1. The fourth-order valence-corrected chi connectivity index (χ4v) is 3.43. The lowest BCUT2D eigenvalue weighted by Crippen LogP contribution is -2.33. The van der Waals surface area contributed by atoms with Gasteiger partial charge >= 0.3 is 0 Å². The van der Waals surface area contributed by atoms with Crippen molar-refractivity contribution in [2.24, 2.45) is 0 Å². The zero-order valence-corrected chi connectivity index (χ0v) is 11.5. The Morgan fingerprint density at radius 3 is 3.12 bits per heavy atom. The number of rotatable bonds is 5. The van der Waals surface area contributed by atoms with Gasteiger partial charge in [0.25, 0.3) is 0 Å². The minimum atomic E-state index is -0.175. The molecule has 0 bridgehead atoms. The first-order valence-corrected chi connectivity index (χ1v) is 7.36. The second-order valence-corrected chi connectivity index (χ2v) is 5.97. The van der Waals surface area contributed by atoms with Gasteiger partial charge < -0.3 is 5.11 Å². The van der Waals surface area contributed by atoms with Crippen LogP contribution in [0.4, 0.5) is 0 Å². The lowest BCUT2D eigenvalue weighted by Gasteiger charge is -2.25. The van der Waals surface area contributed by atoms with Crippen LogP contribution in [0.5, 0.6) is 0 Å².